The second-order valence-electron chi connectivity index (χ2n) is 5.95. The fraction of sp³-hybridized carbons (Fsp3) is 0.375. The molecule has 0 saturated heterocycles. The molecule has 0 radical (unpaired) electrons. The highest BCUT2D eigenvalue weighted by Crippen LogP contribution is 2.16. The molecule has 0 aliphatic carbocycles. The Morgan fingerprint density at radius 3 is 2.83 bits per heavy atom. The molecule has 2 N–H and O–H groups in total. The van der Waals surface area contributed by atoms with Crippen molar-refractivity contribution < 1.29 is 9.59 Å². The van der Waals surface area contributed by atoms with Crippen molar-refractivity contribution in [1.82, 2.24) is 25.4 Å². The molecule has 0 unspecified atom stereocenters. The zero-order chi connectivity index (χ0) is 16.4. The first kappa shape index (κ1) is 15.2. The zero-order valence-electron chi connectivity index (χ0n) is 13.1. The number of aromatic nitrogens is 3. The first-order valence-corrected chi connectivity index (χ1v) is 7.61. The van der Waals surface area contributed by atoms with Crippen molar-refractivity contribution in [3.63, 3.8) is 0 Å². The molecule has 3 heterocycles. The summed E-state index contributed by atoms with van der Waals surface area (Å²) in [4.78, 5) is 28.0. The lowest BCUT2D eigenvalue weighted by atomic mass is 10.2. The Balaban J connectivity index is 1.61. The van der Waals surface area contributed by atoms with Gasteiger partial charge in [0, 0.05) is 30.6 Å². The summed E-state index contributed by atoms with van der Waals surface area (Å²) in [6.07, 6.45) is 3.83. The molecule has 1 aliphatic heterocycles. The summed E-state index contributed by atoms with van der Waals surface area (Å²) < 4.78 is 1.78. The number of nitrogens with zero attached hydrogens (tertiary/aromatic N) is 3. The molecule has 7 heteroatoms. The molecule has 23 heavy (non-hydrogen) atoms. The van der Waals surface area contributed by atoms with E-state index >= 15 is 0 Å². The Labute approximate surface area is 134 Å². The Hall–Kier alpha value is -2.70. The van der Waals surface area contributed by atoms with Crippen LogP contribution in [0, 0.1) is 0 Å². The average Bonchev–Trinajstić information content (AvgIpc) is 3.05. The zero-order valence-corrected chi connectivity index (χ0v) is 13.1. The molecule has 0 aromatic carbocycles. The largest absolute Gasteiger partial charge is 0.348 e. The predicted octanol–water partition coefficient (Wildman–Crippen LogP) is 0.771. The first-order chi connectivity index (χ1) is 11.0. The monoisotopic (exact) mass is 313 g/mol. The van der Waals surface area contributed by atoms with Crippen LogP contribution >= 0.6 is 0 Å². The first-order valence-electron chi connectivity index (χ1n) is 7.61. The van der Waals surface area contributed by atoms with Crippen molar-refractivity contribution in [2.24, 2.45) is 0 Å². The summed E-state index contributed by atoms with van der Waals surface area (Å²) in [6.45, 7) is 4.38. The normalized spacial score (nSPS) is 16.2. The molecule has 2 amide bonds. The van der Waals surface area contributed by atoms with Crippen LogP contribution < -0.4 is 10.6 Å². The lowest BCUT2D eigenvalue weighted by Crippen LogP contribution is -2.36. The van der Waals surface area contributed by atoms with E-state index < -0.39 is 0 Å². The van der Waals surface area contributed by atoms with Gasteiger partial charge in [0.1, 0.15) is 5.69 Å². The molecule has 2 aromatic rings. The lowest BCUT2D eigenvalue weighted by molar-refractivity contribution is 0.0923. The van der Waals surface area contributed by atoms with Crippen molar-refractivity contribution >= 4 is 11.8 Å². The molecule has 0 spiro atoms. The number of carbonyl (C=O) groups excluding carboxylic acids is 2. The van der Waals surface area contributed by atoms with Crippen LogP contribution in [0.15, 0.2) is 30.6 Å². The standard InChI is InChI=1S/C16H19N5O2/c1-10(2)18-16(23)14-7-13-6-12(9-21(13)20-14)19-15(22)11-4-3-5-17-8-11/h3-5,7-8,10,12H,6,9H2,1-2H3,(H,18,23)(H,19,22)/t12-/m0/s1. The third kappa shape index (κ3) is 3.39. The number of rotatable bonds is 4. The fourth-order valence-electron chi connectivity index (χ4n) is 2.61. The maximum absolute atomic E-state index is 12.1. The van der Waals surface area contributed by atoms with E-state index in [0.717, 1.165) is 5.69 Å². The van der Waals surface area contributed by atoms with Crippen molar-refractivity contribution in [3.8, 4) is 0 Å². The van der Waals surface area contributed by atoms with Crippen LogP contribution in [-0.2, 0) is 13.0 Å². The van der Waals surface area contributed by atoms with Gasteiger partial charge in [-0.05, 0) is 32.0 Å². The number of fused-ring (bicyclic) bond motifs is 1. The van der Waals surface area contributed by atoms with Crippen molar-refractivity contribution in [3.05, 3.63) is 47.5 Å². The van der Waals surface area contributed by atoms with Gasteiger partial charge in [-0.15, -0.1) is 0 Å². The number of hydrogen-bond acceptors (Lipinski definition) is 4. The second-order valence-corrected chi connectivity index (χ2v) is 5.95. The van der Waals surface area contributed by atoms with Crippen LogP contribution in [0.2, 0.25) is 0 Å². The number of nitrogens with one attached hydrogen (secondary N) is 2. The van der Waals surface area contributed by atoms with Crippen LogP contribution in [0.1, 0.15) is 40.4 Å². The fourth-order valence-corrected chi connectivity index (χ4v) is 2.61. The summed E-state index contributed by atoms with van der Waals surface area (Å²) in [5.74, 6) is -0.315. The summed E-state index contributed by atoms with van der Waals surface area (Å²) in [6, 6.07) is 5.30. The van der Waals surface area contributed by atoms with E-state index in [2.05, 4.69) is 20.7 Å². The quantitative estimate of drug-likeness (QED) is 0.872. The number of carbonyl (C=O) groups is 2. The maximum atomic E-state index is 12.1. The van der Waals surface area contributed by atoms with Crippen LogP contribution in [0.5, 0.6) is 0 Å². The maximum Gasteiger partial charge on any atom is 0.271 e. The van der Waals surface area contributed by atoms with Crippen LogP contribution in [0.25, 0.3) is 0 Å². The van der Waals surface area contributed by atoms with Gasteiger partial charge >= 0.3 is 0 Å². The highest BCUT2D eigenvalue weighted by atomic mass is 16.2. The molecular formula is C16H19N5O2. The lowest BCUT2D eigenvalue weighted by Gasteiger charge is -2.11. The smallest absolute Gasteiger partial charge is 0.271 e. The molecule has 7 nitrogen and oxygen atoms in total. The Kier molecular flexibility index (Phi) is 4.10. The Bertz CT molecular complexity index is 700. The minimum atomic E-state index is -0.169. The van der Waals surface area contributed by atoms with E-state index in [1.54, 1.807) is 29.1 Å². The topological polar surface area (TPSA) is 88.9 Å². The van der Waals surface area contributed by atoms with E-state index in [-0.39, 0.29) is 23.9 Å². The van der Waals surface area contributed by atoms with Gasteiger partial charge in [-0.25, -0.2) is 0 Å². The number of hydrogen-bond donors (Lipinski definition) is 2. The summed E-state index contributed by atoms with van der Waals surface area (Å²) >= 11 is 0. The third-order valence-electron chi connectivity index (χ3n) is 3.62. The van der Waals surface area contributed by atoms with Crippen molar-refractivity contribution in [2.75, 3.05) is 0 Å². The van der Waals surface area contributed by atoms with E-state index in [0.29, 0.717) is 24.2 Å². The third-order valence-corrected chi connectivity index (χ3v) is 3.62. The van der Waals surface area contributed by atoms with Gasteiger partial charge in [0.05, 0.1) is 18.2 Å². The molecule has 120 valence electrons. The summed E-state index contributed by atoms with van der Waals surface area (Å²) in [5.41, 5.74) is 1.91. The van der Waals surface area contributed by atoms with Gasteiger partial charge in [0.25, 0.3) is 11.8 Å². The van der Waals surface area contributed by atoms with Crippen LogP contribution in [0.4, 0.5) is 0 Å². The highest BCUT2D eigenvalue weighted by Gasteiger charge is 2.26. The Morgan fingerprint density at radius 2 is 2.17 bits per heavy atom. The van der Waals surface area contributed by atoms with E-state index in [1.807, 2.05) is 13.8 Å². The molecule has 1 atom stereocenters. The molecule has 0 saturated carbocycles. The molecular weight excluding hydrogens is 294 g/mol. The summed E-state index contributed by atoms with van der Waals surface area (Å²) in [5, 5.41) is 10.1. The van der Waals surface area contributed by atoms with Gasteiger partial charge < -0.3 is 10.6 Å². The predicted molar refractivity (Wildman–Crippen MR) is 84.0 cm³/mol. The number of pyridine rings is 1. The molecule has 3 rings (SSSR count). The molecule has 0 fully saturated rings. The Morgan fingerprint density at radius 1 is 1.35 bits per heavy atom. The second kappa shape index (κ2) is 6.20. The van der Waals surface area contributed by atoms with Gasteiger partial charge in [0.15, 0.2) is 0 Å². The molecule has 1 aliphatic rings. The van der Waals surface area contributed by atoms with E-state index in [4.69, 9.17) is 0 Å². The van der Waals surface area contributed by atoms with E-state index in [1.165, 1.54) is 6.20 Å². The molecule has 0 bridgehead atoms. The summed E-state index contributed by atoms with van der Waals surface area (Å²) in [7, 11) is 0. The minimum absolute atomic E-state index is 0.0209. The van der Waals surface area contributed by atoms with Gasteiger partial charge in [-0.2, -0.15) is 5.10 Å². The van der Waals surface area contributed by atoms with Crippen LogP contribution in [0.3, 0.4) is 0 Å². The van der Waals surface area contributed by atoms with Gasteiger partial charge in [-0.3, -0.25) is 19.3 Å². The van der Waals surface area contributed by atoms with Crippen LogP contribution in [-0.4, -0.2) is 38.7 Å². The minimum Gasteiger partial charge on any atom is -0.348 e. The van der Waals surface area contributed by atoms with Crippen molar-refractivity contribution in [2.45, 2.75) is 38.9 Å². The SMILES string of the molecule is CC(C)NC(=O)c1cc2n(n1)C[C@@H](NC(=O)c1cccnc1)C2. The van der Waals surface area contributed by atoms with Crippen molar-refractivity contribution in [1.29, 1.82) is 0 Å². The van der Waals surface area contributed by atoms with E-state index in [9.17, 15) is 9.59 Å². The average molecular weight is 313 g/mol. The van der Waals surface area contributed by atoms with Gasteiger partial charge in [0.2, 0.25) is 0 Å². The van der Waals surface area contributed by atoms with Gasteiger partial charge in [-0.1, -0.05) is 0 Å². The number of amides is 2. The molecule has 2 aromatic heterocycles. The highest BCUT2D eigenvalue weighted by molar-refractivity contribution is 5.94.